The molecule has 2 aromatic rings. The minimum Gasteiger partial charge on any atom is -0.349 e. The number of carbonyl (C=O) groups is 1. The summed E-state index contributed by atoms with van der Waals surface area (Å²) in [5, 5.41) is 4.66. The van der Waals surface area contributed by atoms with Gasteiger partial charge < -0.3 is 5.32 Å². The Labute approximate surface area is 157 Å². The van der Waals surface area contributed by atoms with Crippen LogP contribution >= 0.6 is 11.8 Å². The van der Waals surface area contributed by atoms with E-state index in [9.17, 15) is 13.2 Å². The number of amides is 1. The van der Waals surface area contributed by atoms with Crippen LogP contribution in [0.3, 0.4) is 0 Å². The number of benzene rings is 1. The van der Waals surface area contributed by atoms with Crippen LogP contribution in [0.2, 0.25) is 0 Å². The highest BCUT2D eigenvalue weighted by atomic mass is 32.2. The summed E-state index contributed by atoms with van der Waals surface area (Å²) in [5.74, 6) is 1.50. The molecule has 1 N–H and O–H groups in total. The maximum atomic E-state index is 12.4. The van der Waals surface area contributed by atoms with Gasteiger partial charge in [0, 0.05) is 11.3 Å². The van der Waals surface area contributed by atoms with Crippen LogP contribution in [0.5, 0.6) is 0 Å². The monoisotopic (exact) mass is 391 g/mol. The van der Waals surface area contributed by atoms with Crippen molar-refractivity contribution in [3.8, 4) is 0 Å². The molecule has 0 unspecified atom stereocenters. The Morgan fingerprint density at radius 2 is 2.08 bits per heavy atom. The number of para-hydroxylation sites is 1. The van der Waals surface area contributed by atoms with Crippen molar-refractivity contribution in [3.05, 3.63) is 30.1 Å². The molecule has 1 aliphatic carbocycles. The molecule has 2 fully saturated rings. The predicted octanol–water partition coefficient (Wildman–Crippen LogP) is 2.29. The average molecular weight is 392 g/mol. The van der Waals surface area contributed by atoms with Crippen molar-refractivity contribution in [2.75, 3.05) is 17.3 Å². The smallest absolute Gasteiger partial charge is 0.230 e. The predicted molar refractivity (Wildman–Crippen MR) is 102 cm³/mol. The van der Waals surface area contributed by atoms with Crippen molar-refractivity contribution in [1.29, 1.82) is 0 Å². The average Bonchev–Trinajstić information content (AvgIpc) is 3.38. The third-order valence-corrected chi connectivity index (χ3v) is 7.71. The Bertz CT molecular complexity index is 973. The maximum absolute atomic E-state index is 12.4. The zero-order valence-corrected chi connectivity index (χ0v) is 16.2. The van der Waals surface area contributed by atoms with Gasteiger partial charge in [0.15, 0.2) is 9.84 Å². The van der Waals surface area contributed by atoms with Gasteiger partial charge in [-0.1, -0.05) is 30.0 Å². The van der Waals surface area contributed by atoms with Gasteiger partial charge in [-0.3, -0.25) is 4.79 Å². The lowest BCUT2D eigenvalue weighted by molar-refractivity contribution is -0.120. The molecule has 8 heteroatoms. The lowest BCUT2D eigenvalue weighted by Gasteiger charge is -2.23. The van der Waals surface area contributed by atoms with Gasteiger partial charge in [0.2, 0.25) is 5.91 Å². The second-order valence-electron chi connectivity index (χ2n) is 7.42. The minimum atomic E-state index is -3.05. The van der Waals surface area contributed by atoms with E-state index in [1.54, 1.807) is 6.92 Å². The van der Waals surface area contributed by atoms with E-state index in [0.717, 1.165) is 34.6 Å². The van der Waals surface area contributed by atoms with Crippen molar-refractivity contribution >= 4 is 38.4 Å². The highest BCUT2D eigenvalue weighted by molar-refractivity contribution is 8.00. The molecular formula is C18H21N3O3S2. The van der Waals surface area contributed by atoms with Gasteiger partial charge in [-0.05, 0) is 32.3 Å². The molecule has 138 valence electrons. The molecule has 1 aromatic heterocycles. The summed E-state index contributed by atoms with van der Waals surface area (Å²) in [4.78, 5) is 21.7. The number of thioether (sulfide) groups is 1. The van der Waals surface area contributed by atoms with Crippen molar-refractivity contribution < 1.29 is 13.2 Å². The van der Waals surface area contributed by atoms with Gasteiger partial charge in [0.1, 0.15) is 10.9 Å². The number of carbonyl (C=O) groups excluding carboxylic acids is 1. The summed E-state index contributed by atoms with van der Waals surface area (Å²) in [6.45, 7) is 1.80. The SMILES string of the molecule is C[C@]1(NC(=O)CSc2nc(C3CC3)nc3ccccc23)CCS(=O)(=O)C1. The molecular weight excluding hydrogens is 370 g/mol. The summed E-state index contributed by atoms with van der Waals surface area (Å²) in [6, 6.07) is 7.83. The molecule has 0 radical (unpaired) electrons. The molecule has 1 atom stereocenters. The van der Waals surface area contributed by atoms with Gasteiger partial charge in [0.25, 0.3) is 0 Å². The number of hydrogen-bond donors (Lipinski definition) is 1. The van der Waals surface area contributed by atoms with E-state index < -0.39 is 15.4 Å². The molecule has 0 bridgehead atoms. The summed E-state index contributed by atoms with van der Waals surface area (Å²) < 4.78 is 23.4. The molecule has 0 spiro atoms. The normalized spacial score (nSPS) is 24.7. The van der Waals surface area contributed by atoms with E-state index in [2.05, 4.69) is 15.3 Å². The topological polar surface area (TPSA) is 89.0 Å². The van der Waals surface area contributed by atoms with Crippen LogP contribution < -0.4 is 5.32 Å². The zero-order valence-electron chi connectivity index (χ0n) is 14.6. The van der Waals surface area contributed by atoms with E-state index in [1.807, 2.05) is 24.3 Å². The van der Waals surface area contributed by atoms with Crippen LogP contribution in [0.1, 0.15) is 37.9 Å². The van der Waals surface area contributed by atoms with Crippen LogP contribution in [0.4, 0.5) is 0 Å². The van der Waals surface area contributed by atoms with E-state index >= 15 is 0 Å². The molecule has 2 heterocycles. The van der Waals surface area contributed by atoms with Gasteiger partial charge in [0.05, 0.1) is 28.3 Å². The second-order valence-corrected chi connectivity index (χ2v) is 10.6. The third kappa shape index (κ3) is 3.86. The Morgan fingerprint density at radius 1 is 1.31 bits per heavy atom. The molecule has 1 saturated heterocycles. The minimum absolute atomic E-state index is 0.0126. The van der Waals surface area contributed by atoms with Crippen LogP contribution in [-0.2, 0) is 14.6 Å². The molecule has 1 amide bonds. The van der Waals surface area contributed by atoms with Gasteiger partial charge in [-0.15, -0.1) is 0 Å². The van der Waals surface area contributed by atoms with Crippen molar-refractivity contribution in [2.45, 2.75) is 42.7 Å². The fourth-order valence-electron chi connectivity index (χ4n) is 3.31. The molecule has 2 aliphatic rings. The Balaban J connectivity index is 1.48. The van der Waals surface area contributed by atoms with Crippen LogP contribution in [0.15, 0.2) is 29.3 Å². The molecule has 1 aliphatic heterocycles. The molecule has 4 rings (SSSR count). The van der Waals surface area contributed by atoms with E-state index in [1.165, 1.54) is 11.8 Å². The zero-order chi connectivity index (χ0) is 18.4. The number of hydrogen-bond acceptors (Lipinski definition) is 6. The second kappa shape index (κ2) is 6.49. The van der Waals surface area contributed by atoms with Crippen LogP contribution in [-0.4, -0.2) is 47.1 Å². The summed E-state index contributed by atoms with van der Waals surface area (Å²) in [7, 11) is -3.05. The highest BCUT2D eigenvalue weighted by Crippen LogP contribution is 2.39. The number of sulfone groups is 1. The Morgan fingerprint density at radius 3 is 2.77 bits per heavy atom. The Kier molecular flexibility index (Phi) is 4.43. The van der Waals surface area contributed by atoms with E-state index in [0.29, 0.717) is 12.3 Å². The van der Waals surface area contributed by atoms with Gasteiger partial charge in [-0.25, -0.2) is 18.4 Å². The first-order valence-electron chi connectivity index (χ1n) is 8.75. The number of rotatable bonds is 5. The molecule has 6 nitrogen and oxygen atoms in total. The van der Waals surface area contributed by atoms with E-state index in [4.69, 9.17) is 0 Å². The molecule has 1 aromatic carbocycles. The Hall–Kier alpha value is -1.67. The largest absolute Gasteiger partial charge is 0.349 e. The van der Waals surface area contributed by atoms with Crippen molar-refractivity contribution in [1.82, 2.24) is 15.3 Å². The third-order valence-electron chi connectivity index (χ3n) is 4.81. The number of aromatic nitrogens is 2. The maximum Gasteiger partial charge on any atom is 0.230 e. The van der Waals surface area contributed by atoms with Gasteiger partial charge >= 0.3 is 0 Å². The number of nitrogens with zero attached hydrogens (tertiary/aromatic N) is 2. The lowest BCUT2D eigenvalue weighted by atomic mass is 10.0. The fraction of sp³-hybridized carbons (Fsp3) is 0.500. The number of fused-ring (bicyclic) bond motifs is 1. The molecule has 26 heavy (non-hydrogen) atoms. The van der Waals surface area contributed by atoms with Gasteiger partial charge in [-0.2, -0.15) is 0 Å². The summed E-state index contributed by atoms with van der Waals surface area (Å²) in [5.41, 5.74) is 0.241. The first kappa shape index (κ1) is 17.7. The summed E-state index contributed by atoms with van der Waals surface area (Å²) >= 11 is 1.39. The van der Waals surface area contributed by atoms with Crippen molar-refractivity contribution in [3.63, 3.8) is 0 Å². The quantitative estimate of drug-likeness (QED) is 0.621. The number of nitrogens with one attached hydrogen (secondary N) is 1. The van der Waals surface area contributed by atoms with E-state index in [-0.39, 0.29) is 23.2 Å². The first-order chi connectivity index (χ1) is 12.3. The van der Waals surface area contributed by atoms with Crippen molar-refractivity contribution in [2.24, 2.45) is 0 Å². The van der Waals surface area contributed by atoms with Crippen LogP contribution in [0.25, 0.3) is 10.9 Å². The fourth-order valence-corrected chi connectivity index (χ4v) is 6.23. The first-order valence-corrected chi connectivity index (χ1v) is 11.6. The standard InChI is InChI=1S/C18H21N3O3S2/c1-18(8-9-26(23,24)11-18)21-15(22)10-25-17-13-4-2-3-5-14(13)19-16(20-17)12-6-7-12/h2-5,12H,6-11H2,1H3,(H,21,22)/t18-/m0/s1. The van der Waals surface area contributed by atoms with Crippen LogP contribution in [0, 0.1) is 0 Å². The summed E-state index contributed by atoms with van der Waals surface area (Å²) in [6.07, 6.45) is 2.71. The molecule has 1 saturated carbocycles. The highest BCUT2D eigenvalue weighted by Gasteiger charge is 2.39. The lowest BCUT2D eigenvalue weighted by Crippen LogP contribution is -2.47.